The molecule has 1 atom stereocenters. The van der Waals surface area contributed by atoms with Gasteiger partial charge in [-0.1, -0.05) is 12.1 Å². The van der Waals surface area contributed by atoms with Gasteiger partial charge in [0.2, 0.25) is 5.91 Å². The van der Waals surface area contributed by atoms with E-state index in [1.165, 1.54) is 18.4 Å². The second kappa shape index (κ2) is 6.98. The van der Waals surface area contributed by atoms with Crippen LogP contribution in [-0.2, 0) is 17.8 Å². The smallest absolute Gasteiger partial charge is 0.255 e. The molecule has 2 amide bonds. The van der Waals surface area contributed by atoms with Crippen molar-refractivity contribution in [3.8, 4) is 0 Å². The van der Waals surface area contributed by atoms with Crippen LogP contribution >= 0.6 is 0 Å². The third-order valence-electron chi connectivity index (χ3n) is 5.03. The summed E-state index contributed by atoms with van der Waals surface area (Å²) in [6.45, 7) is 0.737. The summed E-state index contributed by atoms with van der Waals surface area (Å²) in [5.74, 6) is -0.298. The summed E-state index contributed by atoms with van der Waals surface area (Å²) in [6, 6.07) is 5.65. The van der Waals surface area contributed by atoms with E-state index in [2.05, 4.69) is 5.32 Å². The molecule has 1 N–H and O–H groups in total. The Morgan fingerprint density at radius 2 is 2.00 bits per heavy atom. The number of rotatable bonds is 4. The monoisotopic (exact) mass is 370 g/mol. The van der Waals surface area contributed by atoms with E-state index >= 15 is 0 Å². The number of fused-ring (bicyclic) bond motifs is 1. The molecule has 0 bridgehead atoms. The average Bonchev–Trinajstić information content (AvgIpc) is 3.22. The van der Waals surface area contributed by atoms with E-state index in [0.29, 0.717) is 37.3 Å². The third-order valence-corrected chi connectivity index (χ3v) is 5.03. The van der Waals surface area contributed by atoms with Gasteiger partial charge < -0.3 is 14.6 Å². The van der Waals surface area contributed by atoms with Crippen LogP contribution in [0.15, 0.2) is 34.9 Å². The normalized spacial score (nSPS) is 19.3. The van der Waals surface area contributed by atoms with E-state index in [1.807, 2.05) is 0 Å². The lowest BCUT2D eigenvalue weighted by Crippen LogP contribution is -2.37. The summed E-state index contributed by atoms with van der Waals surface area (Å²) < 4.78 is 18.4. The molecular weight excluding hydrogens is 351 g/mol. The number of halogens is 1. The number of carbonyl (C=O) groups is 3. The van der Waals surface area contributed by atoms with Crippen molar-refractivity contribution in [2.45, 2.75) is 38.3 Å². The van der Waals surface area contributed by atoms with Gasteiger partial charge in [0.15, 0.2) is 5.78 Å². The Bertz CT molecular complexity index is 903. The Hall–Kier alpha value is -2.96. The maximum absolute atomic E-state index is 13.0. The van der Waals surface area contributed by atoms with Gasteiger partial charge in [0.05, 0.1) is 17.2 Å². The minimum atomic E-state index is -0.392. The molecule has 1 aromatic heterocycles. The van der Waals surface area contributed by atoms with Gasteiger partial charge in [-0.3, -0.25) is 14.4 Å². The Labute approximate surface area is 155 Å². The summed E-state index contributed by atoms with van der Waals surface area (Å²) in [4.78, 5) is 38.6. The quantitative estimate of drug-likeness (QED) is 0.897. The SMILES string of the molecule is O=C(N[C@@H]1CC(=O)N(Cc2ccc(F)cc2)C1)c1coc2c1C(=O)CCC2. The Morgan fingerprint density at radius 1 is 1.22 bits per heavy atom. The van der Waals surface area contributed by atoms with E-state index in [0.717, 1.165) is 12.0 Å². The van der Waals surface area contributed by atoms with Crippen molar-refractivity contribution in [1.82, 2.24) is 10.2 Å². The number of nitrogens with zero attached hydrogens (tertiary/aromatic N) is 1. The van der Waals surface area contributed by atoms with Crippen molar-refractivity contribution in [3.63, 3.8) is 0 Å². The Morgan fingerprint density at radius 3 is 2.78 bits per heavy atom. The summed E-state index contributed by atoms with van der Waals surface area (Å²) >= 11 is 0. The predicted molar refractivity (Wildman–Crippen MR) is 93.7 cm³/mol. The van der Waals surface area contributed by atoms with Crippen LogP contribution in [0.3, 0.4) is 0 Å². The Balaban J connectivity index is 1.41. The number of Topliss-reactive ketones (excluding diaryl/α,β-unsaturated/α-hetero) is 1. The molecule has 0 unspecified atom stereocenters. The van der Waals surface area contributed by atoms with Gasteiger partial charge in [-0.2, -0.15) is 0 Å². The second-order valence-electron chi connectivity index (χ2n) is 7.00. The fraction of sp³-hybridized carbons (Fsp3) is 0.350. The number of ketones is 1. The number of furan rings is 1. The lowest BCUT2D eigenvalue weighted by Gasteiger charge is -2.17. The highest BCUT2D eigenvalue weighted by Crippen LogP contribution is 2.26. The molecule has 2 aromatic rings. The molecule has 7 heteroatoms. The van der Waals surface area contributed by atoms with Gasteiger partial charge in [0.25, 0.3) is 5.91 Å². The van der Waals surface area contributed by atoms with E-state index in [1.54, 1.807) is 17.0 Å². The zero-order valence-corrected chi connectivity index (χ0v) is 14.7. The number of carbonyl (C=O) groups excluding carboxylic acids is 3. The zero-order chi connectivity index (χ0) is 19.0. The molecule has 1 saturated heterocycles. The molecule has 1 aromatic carbocycles. The van der Waals surface area contributed by atoms with Crippen LogP contribution in [0, 0.1) is 5.82 Å². The van der Waals surface area contributed by atoms with Crippen molar-refractivity contribution in [1.29, 1.82) is 0 Å². The number of benzene rings is 1. The fourth-order valence-electron chi connectivity index (χ4n) is 3.68. The first-order valence-electron chi connectivity index (χ1n) is 8.98. The van der Waals surface area contributed by atoms with Gasteiger partial charge in [-0.25, -0.2) is 4.39 Å². The maximum Gasteiger partial charge on any atom is 0.255 e. The molecule has 2 aliphatic rings. The lowest BCUT2D eigenvalue weighted by molar-refractivity contribution is -0.128. The number of amides is 2. The number of nitrogens with one attached hydrogen (secondary N) is 1. The lowest BCUT2D eigenvalue weighted by atomic mass is 9.94. The largest absolute Gasteiger partial charge is 0.468 e. The van der Waals surface area contributed by atoms with Crippen molar-refractivity contribution in [2.75, 3.05) is 6.54 Å². The van der Waals surface area contributed by atoms with Crippen LogP contribution in [-0.4, -0.2) is 35.1 Å². The summed E-state index contributed by atoms with van der Waals surface area (Å²) in [7, 11) is 0. The van der Waals surface area contributed by atoms with Crippen LogP contribution < -0.4 is 5.32 Å². The molecule has 0 radical (unpaired) electrons. The van der Waals surface area contributed by atoms with Gasteiger partial charge in [-0.05, 0) is 24.1 Å². The molecular formula is C20H19FN2O4. The van der Waals surface area contributed by atoms with Crippen molar-refractivity contribution >= 4 is 17.6 Å². The maximum atomic E-state index is 13.0. The number of aryl methyl sites for hydroxylation is 1. The van der Waals surface area contributed by atoms with E-state index in [9.17, 15) is 18.8 Å². The number of likely N-dealkylation sites (tertiary alicyclic amines) is 1. The first-order valence-corrected chi connectivity index (χ1v) is 8.98. The molecule has 0 saturated carbocycles. The predicted octanol–water partition coefficient (Wildman–Crippen LogP) is 2.47. The molecule has 0 spiro atoms. The van der Waals surface area contributed by atoms with Crippen LogP contribution in [0.25, 0.3) is 0 Å². The topological polar surface area (TPSA) is 79.6 Å². The van der Waals surface area contributed by atoms with Gasteiger partial charge in [-0.15, -0.1) is 0 Å². The van der Waals surface area contributed by atoms with Crippen LogP contribution in [0.1, 0.15) is 51.3 Å². The zero-order valence-electron chi connectivity index (χ0n) is 14.7. The highest BCUT2D eigenvalue weighted by molar-refractivity contribution is 6.09. The number of hydrogen-bond donors (Lipinski definition) is 1. The second-order valence-corrected chi connectivity index (χ2v) is 7.00. The summed E-state index contributed by atoms with van der Waals surface area (Å²) in [6.07, 6.45) is 3.33. The number of hydrogen-bond acceptors (Lipinski definition) is 4. The summed E-state index contributed by atoms with van der Waals surface area (Å²) in [5, 5.41) is 2.83. The molecule has 1 fully saturated rings. The third kappa shape index (κ3) is 3.49. The van der Waals surface area contributed by atoms with Crippen molar-refractivity contribution in [2.24, 2.45) is 0 Å². The van der Waals surface area contributed by atoms with Gasteiger partial charge in [0.1, 0.15) is 17.8 Å². The molecule has 1 aliphatic carbocycles. The molecule has 27 heavy (non-hydrogen) atoms. The van der Waals surface area contributed by atoms with Crippen LogP contribution in [0.5, 0.6) is 0 Å². The van der Waals surface area contributed by atoms with Crippen LogP contribution in [0.2, 0.25) is 0 Å². The highest BCUT2D eigenvalue weighted by atomic mass is 19.1. The fourth-order valence-corrected chi connectivity index (χ4v) is 3.68. The summed E-state index contributed by atoms with van der Waals surface area (Å²) in [5.41, 5.74) is 1.46. The van der Waals surface area contributed by atoms with E-state index < -0.39 is 5.91 Å². The first-order chi connectivity index (χ1) is 13.0. The molecule has 4 rings (SSSR count). The van der Waals surface area contributed by atoms with E-state index in [4.69, 9.17) is 4.42 Å². The minimum absolute atomic E-state index is 0.0735. The first kappa shape index (κ1) is 17.5. The highest BCUT2D eigenvalue weighted by Gasteiger charge is 2.33. The van der Waals surface area contributed by atoms with Gasteiger partial charge in [0, 0.05) is 32.4 Å². The van der Waals surface area contributed by atoms with E-state index in [-0.39, 0.29) is 35.5 Å². The molecule has 2 heterocycles. The standard InChI is InChI=1S/C20H19FN2O4/c21-13-6-4-12(5-7-13)9-23-10-14(8-18(23)25)22-20(26)15-11-27-17-3-1-2-16(24)19(15)17/h4-7,11,14H,1-3,8-10H2,(H,22,26)/t14-/m1/s1. The minimum Gasteiger partial charge on any atom is -0.468 e. The Kier molecular flexibility index (Phi) is 4.51. The van der Waals surface area contributed by atoms with Crippen molar-refractivity contribution in [3.05, 3.63) is 58.8 Å². The van der Waals surface area contributed by atoms with Gasteiger partial charge >= 0.3 is 0 Å². The van der Waals surface area contributed by atoms with Crippen molar-refractivity contribution < 1.29 is 23.2 Å². The average molecular weight is 370 g/mol. The molecule has 140 valence electrons. The van der Waals surface area contributed by atoms with Crippen LogP contribution in [0.4, 0.5) is 4.39 Å². The molecule has 1 aliphatic heterocycles. The molecule has 6 nitrogen and oxygen atoms in total.